The lowest BCUT2D eigenvalue weighted by molar-refractivity contribution is 0.285. The predicted octanol–water partition coefficient (Wildman–Crippen LogP) is 2.91. The van der Waals surface area contributed by atoms with Crippen LogP contribution in [0.25, 0.3) is 0 Å². The lowest BCUT2D eigenvalue weighted by atomic mass is 10.3. The Bertz CT molecular complexity index is 531. The van der Waals surface area contributed by atoms with Gasteiger partial charge in [-0.1, -0.05) is 25.1 Å². The Morgan fingerprint density at radius 1 is 1.11 bits per heavy atom. The number of ether oxygens (including phenoxy) is 1. The fourth-order valence-electron chi connectivity index (χ4n) is 1.67. The normalized spacial score (nSPS) is 10.4. The molecule has 3 nitrogen and oxygen atoms in total. The third kappa shape index (κ3) is 4.03. The molecule has 0 radical (unpaired) electrons. The first-order valence-electron chi connectivity index (χ1n) is 6.32. The zero-order chi connectivity index (χ0) is 13.5. The van der Waals surface area contributed by atoms with E-state index >= 15 is 0 Å². The van der Waals surface area contributed by atoms with Crippen LogP contribution in [0, 0.1) is 5.82 Å². The molecule has 4 heteroatoms. The van der Waals surface area contributed by atoms with E-state index < -0.39 is 0 Å². The summed E-state index contributed by atoms with van der Waals surface area (Å²) in [5.41, 5.74) is 1.75. The number of nitrogens with zero attached hydrogens (tertiary/aromatic N) is 1. The minimum atomic E-state index is -0.355. The van der Waals surface area contributed by atoms with Gasteiger partial charge in [0.15, 0.2) is 11.6 Å². The van der Waals surface area contributed by atoms with E-state index in [4.69, 9.17) is 4.74 Å². The number of hydrogen-bond donors (Lipinski definition) is 1. The number of rotatable bonds is 6. The number of pyridine rings is 1. The first-order chi connectivity index (χ1) is 9.29. The second-order valence-corrected chi connectivity index (χ2v) is 4.12. The highest BCUT2D eigenvalue weighted by Gasteiger charge is 2.03. The number of hydrogen-bond acceptors (Lipinski definition) is 3. The van der Waals surface area contributed by atoms with Gasteiger partial charge in [-0.25, -0.2) is 4.39 Å². The Kier molecular flexibility index (Phi) is 4.86. The second kappa shape index (κ2) is 6.85. The topological polar surface area (TPSA) is 34.1 Å². The molecule has 0 aliphatic carbocycles. The lowest BCUT2D eigenvalue weighted by Crippen LogP contribution is -2.13. The molecule has 1 aromatic carbocycles. The van der Waals surface area contributed by atoms with E-state index in [1.165, 1.54) is 6.07 Å². The van der Waals surface area contributed by atoms with Gasteiger partial charge >= 0.3 is 0 Å². The summed E-state index contributed by atoms with van der Waals surface area (Å²) in [6.45, 7) is 3.94. The summed E-state index contributed by atoms with van der Waals surface area (Å²) in [7, 11) is 0. The standard InChI is InChI=1S/C15H17FN2O/c1-2-17-10-12-6-5-7-13(18-12)11-19-15-9-4-3-8-14(15)16/h3-9,17H,2,10-11H2,1H3. The van der Waals surface area contributed by atoms with Gasteiger partial charge in [0.05, 0.1) is 11.4 Å². The van der Waals surface area contributed by atoms with Crippen molar-refractivity contribution in [2.24, 2.45) is 0 Å². The molecule has 0 saturated carbocycles. The molecule has 0 unspecified atom stereocenters. The van der Waals surface area contributed by atoms with Crippen LogP contribution < -0.4 is 10.1 Å². The van der Waals surface area contributed by atoms with Gasteiger partial charge in [-0.2, -0.15) is 0 Å². The van der Waals surface area contributed by atoms with E-state index in [0.29, 0.717) is 0 Å². The van der Waals surface area contributed by atoms with E-state index in [1.54, 1.807) is 18.2 Å². The van der Waals surface area contributed by atoms with Crippen LogP contribution in [0.3, 0.4) is 0 Å². The van der Waals surface area contributed by atoms with Gasteiger partial charge in [-0.05, 0) is 30.8 Å². The molecular weight excluding hydrogens is 243 g/mol. The lowest BCUT2D eigenvalue weighted by Gasteiger charge is -2.08. The Morgan fingerprint density at radius 3 is 2.68 bits per heavy atom. The molecule has 19 heavy (non-hydrogen) atoms. The monoisotopic (exact) mass is 260 g/mol. The Hall–Kier alpha value is -1.94. The SMILES string of the molecule is CCNCc1cccc(COc2ccccc2F)n1. The average molecular weight is 260 g/mol. The van der Waals surface area contributed by atoms with Crippen molar-refractivity contribution in [1.82, 2.24) is 10.3 Å². The van der Waals surface area contributed by atoms with Gasteiger partial charge in [0, 0.05) is 6.54 Å². The zero-order valence-corrected chi connectivity index (χ0v) is 10.9. The molecule has 0 saturated heterocycles. The van der Waals surface area contributed by atoms with Crippen molar-refractivity contribution in [3.63, 3.8) is 0 Å². The van der Waals surface area contributed by atoms with Crippen LogP contribution in [0.2, 0.25) is 0 Å². The number of halogens is 1. The van der Waals surface area contributed by atoms with Crippen molar-refractivity contribution in [3.8, 4) is 5.75 Å². The summed E-state index contributed by atoms with van der Waals surface area (Å²) in [6, 6.07) is 12.1. The maximum atomic E-state index is 13.4. The molecule has 0 amide bonds. The quantitative estimate of drug-likeness (QED) is 0.867. The van der Waals surface area contributed by atoms with Gasteiger partial charge in [-0.3, -0.25) is 4.98 Å². The highest BCUT2D eigenvalue weighted by molar-refractivity contribution is 5.24. The van der Waals surface area contributed by atoms with Crippen molar-refractivity contribution in [1.29, 1.82) is 0 Å². The van der Waals surface area contributed by atoms with Crippen molar-refractivity contribution < 1.29 is 9.13 Å². The maximum Gasteiger partial charge on any atom is 0.165 e. The predicted molar refractivity (Wildman–Crippen MR) is 72.3 cm³/mol. The summed E-state index contributed by atoms with van der Waals surface area (Å²) >= 11 is 0. The third-order valence-corrected chi connectivity index (χ3v) is 2.63. The first kappa shape index (κ1) is 13.5. The highest BCUT2D eigenvalue weighted by atomic mass is 19.1. The minimum absolute atomic E-state index is 0.251. The number of para-hydroxylation sites is 1. The third-order valence-electron chi connectivity index (χ3n) is 2.63. The number of aromatic nitrogens is 1. The van der Waals surface area contributed by atoms with E-state index in [9.17, 15) is 4.39 Å². The molecule has 0 aliphatic heterocycles. The van der Waals surface area contributed by atoms with Gasteiger partial charge in [0.2, 0.25) is 0 Å². The molecule has 1 aromatic heterocycles. The summed E-state index contributed by atoms with van der Waals surface area (Å²) in [4.78, 5) is 4.45. The van der Waals surface area contributed by atoms with Crippen molar-refractivity contribution in [2.75, 3.05) is 6.54 Å². The molecule has 0 atom stereocenters. The van der Waals surface area contributed by atoms with Crippen LogP contribution in [0.15, 0.2) is 42.5 Å². The first-order valence-corrected chi connectivity index (χ1v) is 6.32. The number of benzene rings is 1. The average Bonchev–Trinajstić information content (AvgIpc) is 2.45. The fourth-order valence-corrected chi connectivity index (χ4v) is 1.67. The molecule has 100 valence electrons. The van der Waals surface area contributed by atoms with E-state index in [-0.39, 0.29) is 18.2 Å². The van der Waals surface area contributed by atoms with Crippen molar-refractivity contribution >= 4 is 0 Å². The zero-order valence-electron chi connectivity index (χ0n) is 10.9. The summed E-state index contributed by atoms with van der Waals surface area (Å²) in [5, 5.41) is 3.21. The number of nitrogens with one attached hydrogen (secondary N) is 1. The van der Waals surface area contributed by atoms with Crippen molar-refractivity contribution in [2.45, 2.75) is 20.1 Å². The van der Waals surface area contributed by atoms with Gasteiger partial charge in [-0.15, -0.1) is 0 Å². The van der Waals surface area contributed by atoms with Crippen LogP contribution in [-0.4, -0.2) is 11.5 Å². The van der Waals surface area contributed by atoms with Gasteiger partial charge in [0.1, 0.15) is 6.61 Å². The Balaban J connectivity index is 1.98. The Morgan fingerprint density at radius 2 is 1.89 bits per heavy atom. The maximum absolute atomic E-state index is 13.4. The van der Waals surface area contributed by atoms with Crippen LogP contribution >= 0.6 is 0 Å². The highest BCUT2D eigenvalue weighted by Crippen LogP contribution is 2.16. The van der Waals surface area contributed by atoms with Crippen molar-refractivity contribution in [3.05, 3.63) is 59.7 Å². The largest absolute Gasteiger partial charge is 0.484 e. The summed E-state index contributed by atoms with van der Waals surface area (Å²) < 4.78 is 18.8. The fraction of sp³-hybridized carbons (Fsp3) is 0.267. The molecule has 2 aromatic rings. The van der Waals surface area contributed by atoms with Crippen LogP contribution in [0.1, 0.15) is 18.3 Å². The molecule has 0 bridgehead atoms. The van der Waals surface area contributed by atoms with Gasteiger partial charge < -0.3 is 10.1 Å². The van der Waals surface area contributed by atoms with E-state index in [1.807, 2.05) is 25.1 Å². The Labute approximate surface area is 112 Å². The summed E-state index contributed by atoms with van der Waals surface area (Å²) in [6.07, 6.45) is 0. The smallest absolute Gasteiger partial charge is 0.165 e. The van der Waals surface area contributed by atoms with Crippen LogP contribution in [0.4, 0.5) is 4.39 Å². The molecule has 0 aliphatic rings. The molecule has 2 rings (SSSR count). The molecule has 1 N–H and O–H groups in total. The molecule has 0 fully saturated rings. The van der Waals surface area contributed by atoms with E-state index in [0.717, 1.165) is 24.5 Å². The van der Waals surface area contributed by atoms with E-state index in [2.05, 4.69) is 10.3 Å². The molecule has 1 heterocycles. The molecule has 0 spiro atoms. The summed E-state index contributed by atoms with van der Waals surface area (Å²) in [5.74, 6) is -0.104. The molecular formula is C15H17FN2O. The van der Waals surface area contributed by atoms with Crippen LogP contribution in [-0.2, 0) is 13.2 Å². The van der Waals surface area contributed by atoms with Crippen LogP contribution in [0.5, 0.6) is 5.75 Å². The second-order valence-electron chi connectivity index (χ2n) is 4.12. The van der Waals surface area contributed by atoms with Gasteiger partial charge in [0.25, 0.3) is 0 Å². The minimum Gasteiger partial charge on any atom is -0.484 e.